The zero-order valence-corrected chi connectivity index (χ0v) is 16.9. The van der Waals surface area contributed by atoms with Crippen LogP contribution in [0.25, 0.3) is 17.4 Å². The van der Waals surface area contributed by atoms with Crippen molar-refractivity contribution in [3.63, 3.8) is 0 Å². The molecule has 0 fully saturated rings. The van der Waals surface area contributed by atoms with E-state index in [-0.39, 0.29) is 12.4 Å². The van der Waals surface area contributed by atoms with E-state index in [2.05, 4.69) is 10.3 Å². The van der Waals surface area contributed by atoms with Gasteiger partial charge in [0.1, 0.15) is 18.1 Å². The third-order valence-corrected chi connectivity index (χ3v) is 4.73. The molecule has 0 atom stereocenters. The van der Waals surface area contributed by atoms with Crippen LogP contribution in [-0.4, -0.2) is 20.9 Å². The Morgan fingerprint density at radius 2 is 1.94 bits per heavy atom. The van der Waals surface area contributed by atoms with Crippen LogP contribution in [0.15, 0.2) is 77.6 Å². The molecule has 2 aromatic carbocycles. The summed E-state index contributed by atoms with van der Waals surface area (Å²) in [5, 5.41) is 8.26. The van der Waals surface area contributed by atoms with E-state index in [4.69, 9.17) is 9.26 Å². The van der Waals surface area contributed by atoms with Crippen molar-refractivity contribution in [1.82, 2.24) is 14.9 Å². The third-order valence-electron chi connectivity index (χ3n) is 4.73. The lowest BCUT2D eigenvalue weighted by molar-refractivity contribution is -0.139. The Kier molecular flexibility index (Phi) is 6.03. The summed E-state index contributed by atoms with van der Waals surface area (Å²) in [6.07, 6.45) is 6.54. The van der Waals surface area contributed by atoms with Gasteiger partial charge in [-0.15, -0.1) is 0 Å². The van der Waals surface area contributed by atoms with Crippen molar-refractivity contribution < 1.29 is 18.4 Å². The van der Waals surface area contributed by atoms with Crippen LogP contribution in [0.2, 0.25) is 0 Å². The molecular formula is C24H20FN3O3. The maximum Gasteiger partial charge on any atom is 0.331 e. The molecule has 2 aromatic heterocycles. The summed E-state index contributed by atoms with van der Waals surface area (Å²) in [5.74, 6) is -0.304. The fourth-order valence-electron chi connectivity index (χ4n) is 3.05. The molecule has 0 N–H and O–H groups in total. The number of halogens is 1. The Morgan fingerprint density at radius 3 is 2.71 bits per heavy atom. The average Bonchev–Trinajstić information content (AvgIpc) is 3.38. The first-order chi connectivity index (χ1) is 15.1. The SMILES string of the molecule is Cc1c(COC(=O)/C=C/c2cnn(Cc3ccccc3)c2)noc1-c1ccc(F)cc1. The number of carbonyl (C=O) groups excluding carboxylic acids is 1. The Hall–Kier alpha value is -4.00. The standard InChI is InChI=1S/C24H20FN3O3/c1-17-22(27-31-24(17)20-8-10-21(25)11-9-20)16-30-23(29)12-7-19-13-26-28(15-19)14-18-5-3-2-4-6-18/h2-13,15H,14,16H2,1H3/b12-7+. The molecule has 156 valence electrons. The molecule has 0 saturated carbocycles. The maximum atomic E-state index is 13.1. The van der Waals surface area contributed by atoms with Crippen LogP contribution in [0.3, 0.4) is 0 Å². The summed E-state index contributed by atoms with van der Waals surface area (Å²) in [5.41, 5.74) is 3.89. The van der Waals surface area contributed by atoms with Gasteiger partial charge in [0.15, 0.2) is 5.76 Å². The van der Waals surface area contributed by atoms with E-state index in [0.29, 0.717) is 23.6 Å². The molecule has 0 spiro atoms. The van der Waals surface area contributed by atoms with Crippen molar-refractivity contribution in [2.75, 3.05) is 0 Å². The molecule has 0 bridgehead atoms. The zero-order valence-electron chi connectivity index (χ0n) is 16.9. The monoisotopic (exact) mass is 417 g/mol. The Labute approximate surface area is 178 Å². The highest BCUT2D eigenvalue weighted by molar-refractivity contribution is 5.86. The number of nitrogens with zero attached hydrogens (tertiary/aromatic N) is 3. The van der Waals surface area contributed by atoms with Gasteiger partial charge in [0, 0.05) is 29.0 Å². The minimum absolute atomic E-state index is 0.0209. The van der Waals surface area contributed by atoms with Crippen molar-refractivity contribution in [1.29, 1.82) is 0 Å². The first-order valence-electron chi connectivity index (χ1n) is 9.71. The van der Waals surface area contributed by atoms with Gasteiger partial charge in [-0.1, -0.05) is 35.5 Å². The summed E-state index contributed by atoms with van der Waals surface area (Å²) in [7, 11) is 0. The van der Waals surface area contributed by atoms with E-state index in [9.17, 15) is 9.18 Å². The molecule has 4 rings (SSSR count). The number of carbonyl (C=O) groups is 1. The van der Waals surface area contributed by atoms with Gasteiger partial charge in [0.05, 0.1) is 12.7 Å². The second-order valence-corrected chi connectivity index (χ2v) is 6.99. The Balaban J connectivity index is 1.32. The minimum atomic E-state index is -0.499. The second-order valence-electron chi connectivity index (χ2n) is 6.99. The summed E-state index contributed by atoms with van der Waals surface area (Å²) in [6, 6.07) is 15.9. The van der Waals surface area contributed by atoms with Crippen LogP contribution < -0.4 is 0 Å². The van der Waals surface area contributed by atoms with E-state index in [1.807, 2.05) is 43.5 Å². The lowest BCUT2D eigenvalue weighted by atomic mass is 10.1. The number of aromatic nitrogens is 3. The molecule has 0 radical (unpaired) electrons. The predicted octanol–water partition coefficient (Wildman–Crippen LogP) is 4.79. The number of hydrogen-bond donors (Lipinski definition) is 0. The minimum Gasteiger partial charge on any atom is -0.456 e. The van der Waals surface area contributed by atoms with Crippen molar-refractivity contribution in [2.24, 2.45) is 0 Å². The Bertz CT molecular complexity index is 1190. The molecule has 0 aliphatic carbocycles. The molecule has 6 nitrogen and oxygen atoms in total. The van der Waals surface area contributed by atoms with Crippen LogP contribution in [0.4, 0.5) is 4.39 Å². The van der Waals surface area contributed by atoms with Crippen LogP contribution >= 0.6 is 0 Å². The van der Waals surface area contributed by atoms with Gasteiger partial charge in [-0.25, -0.2) is 9.18 Å². The largest absolute Gasteiger partial charge is 0.456 e. The van der Waals surface area contributed by atoms with Crippen molar-refractivity contribution in [3.8, 4) is 11.3 Å². The zero-order chi connectivity index (χ0) is 21.6. The van der Waals surface area contributed by atoms with Crippen LogP contribution in [0.1, 0.15) is 22.4 Å². The molecule has 0 aliphatic heterocycles. The lowest BCUT2D eigenvalue weighted by Gasteiger charge is -2.00. The van der Waals surface area contributed by atoms with E-state index < -0.39 is 5.97 Å². The topological polar surface area (TPSA) is 70.2 Å². The van der Waals surface area contributed by atoms with Crippen LogP contribution in [0.5, 0.6) is 0 Å². The van der Waals surface area contributed by atoms with Crippen LogP contribution in [-0.2, 0) is 22.7 Å². The Morgan fingerprint density at radius 1 is 1.16 bits per heavy atom. The molecule has 31 heavy (non-hydrogen) atoms. The van der Waals surface area contributed by atoms with Gasteiger partial charge in [0.25, 0.3) is 0 Å². The van der Waals surface area contributed by atoms with Gasteiger partial charge >= 0.3 is 5.97 Å². The number of benzene rings is 2. The number of ether oxygens (including phenoxy) is 1. The van der Waals surface area contributed by atoms with Crippen molar-refractivity contribution in [3.05, 3.63) is 101 Å². The normalized spacial score (nSPS) is 11.2. The quantitative estimate of drug-likeness (QED) is 0.319. The van der Waals surface area contributed by atoms with E-state index in [0.717, 1.165) is 16.7 Å². The average molecular weight is 417 g/mol. The summed E-state index contributed by atoms with van der Waals surface area (Å²) in [4.78, 5) is 12.1. The number of esters is 1. The summed E-state index contributed by atoms with van der Waals surface area (Å²) >= 11 is 0. The number of hydrogen-bond acceptors (Lipinski definition) is 5. The van der Waals surface area contributed by atoms with E-state index >= 15 is 0 Å². The smallest absolute Gasteiger partial charge is 0.331 e. The van der Waals surface area contributed by atoms with E-state index in [1.54, 1.807) is 29.1 Å². The summed E-state index contributed by atoms with van der Waals surface area (Å²) < 4.78 is 25.5. The maximum absolute atomic E-state index is 13.1. The third kappa shape index (κ3) is 5.14. The molecule has 0 amide bonds. The van der Waals surface area contributed by atoms with Crippen molar-refractivity contribution >= 4 is 12.0 Å². The highest BCUT2D eigenvalue weighted by Gasteiger charge is 2.15. The van der Waals surface area contributed by atoms with Gasteiger partial charge < -0.3 is 9.26 Å². The summed E-state index contributed by atoms with van der Waals surface area (Å²) in [6.45, 7) is 2.45. The second kappa shape index (κ2) is 9.21. The molecular weight excluding hydrogens is 397 g/mol. The first-order valence-corrected chi connectivity index (χ1v) is 9.71. The molecule has 4 aromatic rings. The van der Waals surface area contributed by atoms with Gasteiger partial charge in [0.2, 0.25) is 0 Å². The van der Waals surface area contributed by atoms with Crippen LogP contribution in [0, 0.1) is 12.7 Å². The fraction of sp³-hybridized carbons (Fsp3) is 0.125. The molecule has 0 unspecified atom stereocenters. The van der Waals surface area contributed by atoms with Gasteiger partial charge in [-0.2, -0.15) is 5.10 Å². The van der Waals surface area contributed by atoms with Crippen molar-refractivity contribution in [2.45, 2.75) is 20.1 Å². The highest BCUT2D eigenvalue weighted by Crippen LogP contribution is 2.26. The first kappa shape index (κ1) is 20.3. The lowest BCUT2D eigenvalue weighted by Crippen LogP contribution is -2.02. The molecule has 7 heteroatoms. The molecule has 2 heterocycles. The highest BCUT2D eigenvalue weighted by atomic mass is 19.1. The van der Waals surface area contributed by atoms with Gasteiger partial charge in [-0.05, 0) is 42.8 Å². The van der Waals surface area contributed by atoms with Gasteiger partial charge in [-0.3, -0.25) is 4.68 Å². The molecule has 0 aliphatic rings. The predicted molar refractivity (Wildman–Crippen MR) is 113 cm³/mol. The number of rotatable bonds is 7. The fourth-order valence-corrected chi connectivity index (χ4v) is 3.05. The van der Waals surface area contributed by atoms with E-state index in [1.165, 1.54) is 18.2 Å². The molecule has 0 saturated heterocycles.